The smallest absolute Gasteiger partial charge is 0.134 e. The van der Waals surface area contributed by atoms with Crippen LogP contribution < -0.4 is 5.73 Å². The molecule has 0 atom stereocenters. The van der Waals surface area contributed by atoms with Crippen molar-refractivity contribution in [3.05, 3.63) is 48.0 Å². The van der Waals surface area contributed by atoms with Gasteiger partial charge in [0.1, 0.15) is 17.3 Å². The minimum Gasteiger partial charge on any atom is -0.459 e. The molecule has 0 amide bonds. The van der Waals surface area contributed by atoms with E-state index in [-0.39, 0.29) is 11.4 Å². The van der Waals surface area contributed by atoms with Crippen molar-refractivity contribution in [1.82, 2.24) is 0 Å². The second-order valence-corrected chi connectivity index (χ2v) is 4.68. The number of nitrogens with two attached hydrogens (primary N) is 1. The first-order valence-electron chi connectivity index (χ1n) is 5.83. The quantitative estimate of drug-likeness (QED) is 0.860. The fourth-order valence-electron chi connectivity index (χ4n) is 2.18. The average molecular weight is 231 g/mol. The van der Waals surface area contributed by atoms with Gasteiger partial charge in [0.05, 0.1) is 5.54 Å². The summed E-state index contributed by atoms with van der Waals surface area (Å²) in [5, 5.41) is 0. The molecule has 1 aromatic carbocycles. The van der Waals surface area contributed by atoms with Crippen LogP contribution in [-0.4, -0.2) is 0 Å². The fraction of sp³-hybridized carbons (Fsp3) is 0.286. The molecule has 0 aliphatic heterocycles. The van der Waals surface area contributed by atoms with E-state index in [1.54, 1.807) is 12.1 Å². The lowest BCUT2D eigenvalue weighted by Gasteiger charge is -2.35. The monoisotopic (exact) mass is 231 g/mol. The number of furan rings is 1. The first-order chi connectivity index (χ1) is 8.17. The molecule has 3 heteroatoms. The van der Waals surface area contributed by atoms with Gasteiger partial charge in [0.15, 0.2) is 0 Å². The Morgan fingerprint density at radius 1 is 1.06 bits per heavy atom. The summed E-state index contributed by atoms with van der Waals surface area (Å²) in [6, 6.07) is 10.1. The summed E-state index contributed by atoms with van der Waals surface area (Å²) in [7, 11) is 0. The van der Waals surface area contributed by atoms with Crippen molar-refractivity contribution in [1.29, 1.82) is 0 Å². The Morgan fingerprint density at radius 3 is 2.35 bits per heavy atom. The van der Waals surface area contributed by atoms with Gasteiger partial charge in [-0.2, -0.15) is 0 Å². The van der Waals surface area contributed by atoms with Crippen molar-refractivity contribution >= 4 is 0 Å². The van der Waals surface area contributed by atoms with Gasteiger partial charge in [-0.25, -0.2) is 4.39 Å². The van der Waals surface area contributed by atoms with Crippen molar-refractivity contribution < 1.29 is 8.81 Å². The highest BCUT2D eigenvalue weighted by Gasteiger charge is 2.37. The van der Waals surface area contributed by atoms with Crippen LogP contribution in [0.4, 0.5) is 4.39 Å². The fourth-order valence-corrected chi connectivity index (χ4v) is 2.18. The van der Waals surface area contributed by atoms with E-state index < -0.39 is 0 Å². The van der Waals surface area contributed by atoms with Crippen LogP contribution in [-0.2, 0) is 5.54 Å². The Bertz CT molecular complexity index is 525. The van der Waals surface area contributed by atoms with Crippen molar-refractivity contribution in [2.45, 2.75) is 24.8 Å². The Hall–Kier alpha value is -1.61. The van der Waals surface area contributed by atoms with E-state index in [2.05, 4.69) is 0 Å². The number of hydrogen-bond donors (Lipinski definition) is 1. The minimum atomic E-state index is -0.279. The van der Waals surface area contributed by atoms with Crippen LogP contribution in [0, 0.1) is 5.82 Å². The van der Waals surface area contributed by atoms with Gasteiger partial charge in [0.25, 0.3) is 0 Å². The lowest BCUT2D eigenvalue weighted by molar-refractivity contribution is 0.209. The summed E-state index contributed by atoms with van der Waals surface area (Å²) in [5.41, 5.74) is 6.78. The molecule has 0 saturated heterocycles. The molecule has 17 heavy (non-hydrogen) atoms. The van der Waals surface area contributed by atoms with Gasteiger partial charge in [-0.15, -0.1) is 0 Å². The lowest BCUT2D eigenvalue weighted by Crippen LogP contribution is -2.42. The van der Waals surface area contributed by atoms with Crippen LogP contribution in [0.5, 0.6) is 0 Å². The Morgan fingerprint density at radius 2 is 1.76 bits per heavy atom. The van der Waals surface area contributed by atoms with Gasteiger partial charge < -0.3 is 10.2 Å². The van der Waals surface area contributed by atoms with Gasteiger partial charge in [-0.3, -0.25) is 0 Å². The van der Waals surface area contributed by atoms with Gasteiger partial charge in [-0.05, 0) is 55.7 Å². The van der Waals surface area contributed by atoms with E-state index >= 15 is 0 Å². The molecule has 0 unspecified atom stereocenters. The Balaban J connectivity index is 1.92. The highest BCUT2D eigenvalue weighted by Crippen LogP contribution is 2.40. The number of rotatable bonds is 2. The average Bonchev–Trinajstić information content (AvgIpc) is 2.76. The molecule has 1 fully saturated rings. The van der Waals surface area contributed by atoms with Crippen molar-refractivity contribution in [2.24, 2.45) is 5.73 Å². The summed E-state index contributed by atoms with van der Waals surface area (Å²) in [4.78, 5) is 0. The third-order valence-electron chi connectivity index (χ3n) is 3.47. The topological polar surface area (TPSA) is 39.2 Å². The molecule has 2 nitrogen and oxygen atoms in total. The maximum Gasteiger partial charge on any atom is 0.134 e. The summed E-state index contributed by atoms with van der Waals surface area (Å²) in [6.07, 6.45) is 3.11. The highest BCUT2D eigenvalue weighted by atomic mass is 19.1. The van der Waals surface area contributed by atoms with Crippen LogP contribution in [0.3, 0.4) is 0 Å². The summed E-state index contributed by atoms with van der Waals surface area (Å²) >= 11 is 0. The molecule has 88 valence electrons. The second-order valence-electron chi connectivity index (χ2n) is 4.68. The van der Waals surface area contributed by atoms with Crippen LogP contribution in [0.2, 0.25) is 0 Å². The molecular weight excluding hydrogens is 217 g/mol. The molecular formula is C14H14FNO. The zero-order chi connectivity index (χ0) is 11.9. The van der Waals surface area contributed by atoms with Gasteiger partial charge in [-0.1, -0.05) is 0 Å². The van der Waals surface area contributed by atoms with Crippen LogP contribution in [0.1, 0.15) is 25.0 Å². The molecule has 0 bridgehead atoms. The summed E-state index contributed by atoms with van der Waals surface area (Å²) in [6.45, 7) is 0. The molecule has 2 aromatic rings. The molecule has 1 saturated carbocycles. The van der Waals surface area contributed by atoms with Crippen molar-refractivity contribution in [3.63, 3.8) is 0 Å². The van der Waals surface area contributed by atoms with Crippen LogP contribution in [0.25, 0.3) is 11.3 Å². The normalized spacial score (nSPS) is 17.8. The van der Waals surface area contributed by atoms with Crippen molar-refractivity contribution in [3.8, 4) is 11.3 Å². The molecule has 1 aromatic heterocycles. The first-order valence-corrected chi connectivity index (χ1v) is 5.83. The van der Waals surface area contributed by atoms with E-state index in [0.29, 0.717) is 0 Å². The standard InChI is InChI=1S/C14H14FNO/c15-11-4-2-10(3-5-11)12-6-7-13(17-12)14(16)8-1-9-14/h2-7H,1,8-9,16H2. The number of halogens is 1. The van der Waals surface area contributed by atoms with Gasteiger partial charge in [0.2, 0.25) is 0 Å². The predicted octanol–water partition coefficient (Wildman–Crippen LogP) is 3.42. The molecule has 3 rings (SSSR count). The van der Waals surface area contributed by atoms with Gasteiger partial charge in [0, 0.05) is 5.56 Å². The molecule has 1 heterocycles. The molecule has 1 aliphatic carbocycles. The summed E-state index contributed by atoms with van der Waals surface area (Å²) < 4.78 is 18.6. The lowest BCUT2D eigenvalue weighted by atomic mass is 9.76. The van der Waals surface area contributed by atoms with E-state index in [1.807, 2.05) is 12.1 Å². The van der Waals surface area contributed by atoms with E-state index in [9.17, 15) is 4.39 Å². The molecule has 0 spiro atoms. The third kappa shape index (κ3) is 1.76. The zero-order valence-electron chi connectivity index (χ0n) is 9.45. The zero-order valence-corrected chi connectivity index (χ0v) is 9.45. The number of hydrogen-bond acceptors (Lipinski definition) is 2. The van der Waals surface area contributed by atoms with E-state index in [0.717, 1.165) is 36.3 Å². The number of benzene rings is 1. The van der Waals surface area contributed by atoms with Crippen LogP contribution in [0.15, 0.2) is 40.8 Å². The second kappa shape index (κ2) is 3.70. The van der Waals surface area contributed by atoms with E-state index in [4.69, 9.17) is 10.2 Å². The maximum absolute atomic E-state index is 12.8. The highest BCUT2D eigenvalue weighted by molar-refractivity contribution is 5.57. The Kier molecular flexibility index (Phi) is 2.30. The molecule has 0 radical (unpaired) electrons. The van der Waals surface area contributed by atoms with Crippen molar-refractivity contribution in [2.75, 3.05) is 0 Å². The van der Waals surface area contributed by atoms with E-state index in [1.165, 1.54) is 12.1 Å². The molecule has 1 aliphatic rings. The largest absolute Gasteiger partial charge is 0.459 e. The van der Waals surface area contributed by atoms with Gasteiger partial charge >= 0.3 is 0 Å². The maximum atomic E-state index is 12.8. The third-order valence-corrected chi connectivity index (χ3v) is 3.47. The van der Waals surface area contributed by atoms with Crippen LogP contribution >= 0.6 is 0 Å². The first kappa shape index (κ1) is 10.5. The SMILES string of the molecule is NC1(c2ccc(-c3ccc(F)cc3)o2)CCC1. The minimum absolute atomic E-state index is 0.241. The Labute approximate surface area is 99.2 Å². The molecule has 2 N–H and O–H groups in total. The predicted molar refractivity (Wildman–Crippen MR) is 63.8 cm³/mol. The summed E-state index contributed by atoms with van der Waals surface area (Å²) in [5.74, 6) is 1.34.